The van der Waals surface area contributed by atoms with E-state index in [1.54, 1.807) is 0 Å². The van der Waals surface area contributed by atoms with E-state index in [0.717, 1.165) is 10.5 Å². The zero-order valence-electron chi connectivity index (χ0n) is 5.29. The molecule has 0 N–H and O–H groups in total. The van der Waals surface area contributed by atoms with Crippen LogP contribution in [0.5, 0.6) is 0 Å². The normalized spacial score (nSPS) is 12.0. The van der Waals surface area contributed by atoms with Crippen molar-refractivity contribution in [2.45, 2.75) is 30.1 Å². The van der Waals surface area contributed by atoms with E-state index >= 15 is 0 Å². The maximum atomic E-state index is 12.7. The topological polar surface area (TPSA) is 0 Å². The van der Waals surface area contributed by atoms with Crippen LogP contribution < -0.4 is 0 Å². The van der Waals surface area contributed by atoms with Crippen molar-refractivity contribution in [3.63, 3.8) is 0 Å². The van der Waals surface area contributed by atoms with Crippen molar-refractivity contribution in [3.8, 4) is 0 Å². The van der Waals surface area contributed by atoms with Crippen molar-refractivity contribution in [2.75, 3.05) is 0 Å². The predicted octanol–water partition coefficient (Wildman–Crippen LogP) is 2.57. The van der Waals surface area contributed by atoms with Gasteiger partial charge < -0.3 is 0 Å². The third kappa shape index (κ3) is 3.09. The Hall–Kier alpha value is 0.473. The van der Waals surface area contributed by atoms with Crippen molar-refractivity contribution >= 4 is 13.7 Å². The summed E-state index contributed by atoms with van der Waals surface area (Å²) in [4.78, 5) is 0. The van der Waals surface area contributed by atoms with Gasteiger partial charge in [0.2, 0.25) is 0 Å². The molecule has 7 heavy (non-hydrogen) atoms. The van der Waals surface area contributed by atoms with E-state index in [4.69, 9.17) is 0 Å². The van der Waals surface area contributed by atoms with Crippen LogP contribution in [0.4, 0.5) is 3.50 Å². The van der Waals surface area contributed by atoms with Gasteiger partial charge in [0.15, 0.2) is 0 Å². The first-order valence-corrected chi connectivity index (χ1v) is 8.67. The Balaban J connectivity index is 3.36. The van der Waals surface area contributed by atoms with Gasteiger partial charge in [-0.25, -0.2) is 0 Å². The summed E-state index contributed by atoms with van der Waals surface area (Å²) in [6, 6.07) is 0. The molecule has 0 heterocycles. The quantitative estimate of drug-likeness (QED) is 0.551. The molecular formula is C5H13FGe. The molecule has 0 bridgehead atoms. The van der Waals surface area contributed by atoms with Crippen molar-refractivity contribution in [1.29, 1.82) is 0 Å². The fraction of sp³-hybridized carbons (Fsp3) is 1.00. The van der Waals surface area contributed by atoms with Gasteiger partial charge in [0.05, 0.1) is 0 Å². The van der Waals surface area contributed by atoms with Crippen LogP contribution in [0.25, 0.3) is 0 Å². The first kappa shape index (κ1) is 7.47. The molecule has 0 saturated carbocycles. The summed E-state index contributed by atoms with van der Waals surface area (Å²) in [5, 5.41) is 1.63. The second kappa shape index (κ2) is 2.70. The van der Waals surface area contributed by atoms with Gasteiger partial charge in [-0.1, -0.05) is 0 Å². The molecular weight excluding hydrogens is 152 g/mol. The van der Waals surface area contributed by atoms with E-state index in [9.17, 15) is 3.50 Å². The molecule has 0 amide bonds. The fourth-order valence-electron chi connectivity index (χ4n) is 0.250. The van der Waals surface area contributed by atoms with Crippen LogP contribution in [-0.2, 0) is 0 Å². The number of rotatable bonds is 2. The van der Waals surface area contributed by atoms with Crippen LogP contribution >= 0.6 is 0 Å². The Morgan fingerprint density at radius 1 is 1.29 bits per heavy atom. The molecule has 0 unspecified atom stereocenters. The van der Waals surface area contributed by atoms with E-state index in [-0.39, 0.29) is 0 Å². The molecule has 0 fully saturated rings. The van der Waals surface area contributed by atoms with E-state index in [1.807, 2.05) is 19.6 Å². The summed E-state index contributed by atoms with van der Waals surface area (Å²) >= 11 is -2.58. The Bertz CT molecular complexity index is 46.0. The van der Waals surface area contributed by atoms with Gasteiger partial charge in [-0.2, -0.15) is 0 Å². The van der Waals surface area contributed by atoms with Gasteiger partial charge >= 0.3 is 47.3 Å². The Kier molecular flexibility index (Phi) is 2.88. The van der Waals surface area contributed by atoms with Crippen LogP contribution in [0.15, 0.2) is 0 Å². The van der Waals surface area contributed by atoms with Crippen molar-refractivity contribution < 1.29 is 3.50 Å². The SMILES string of the molecule is C[CH2][Ge]([CH3])([F])[CH2]C. The first-order valence-electron chi connectivity index (χ1n) is 2.81. The Labute approximate surface area is 48.0 Å². The summed E-state index contributed by atoms with van der Waals surface area (Å²) in [5.74, 6) is 1.82. The summed E-state index contributed by atoms with van der Waals surface area (Å²) in [6.45, 7) is 3.90. The molecule has 0 aromatic heterocycles. The van der Waals surface area contributed by atoms with E-state index in [2.05, 4.69) is 0 Å². The molecule has 0 aromatic carbocycles. The molecule has 0 radical (unpaired) electrons. The van der Waals surface area contributed by atoms with Crippen LogP contribution in [0.3, 0.4) is 0 Å². The molecule has 0 aliphatic rings. The Morgan fingerprint density at radius 2 is 1.57 bits per heavy atom. The fourth-order valence-corrected chi connectivity index (χ4v) is 1.30. The van der Waals surface area contributed by atoms with Crippen molar-refractivity contribution in [2.24, 2.45) is 0 Å². The van der Waals surface area contributed by atoms with Gasteiger partial charge in [-0.05, 0) is 0 Å². The number of hydrogen-bond acceptors (Lipinski definition) is 0. The molecule has 0 rings (SSSR count). The molecule has 0 aliphatic heterocycles. The predicted molar refractivity (Wildman–Crippen MR) is 33.7 cm³/mol. The molecule has 2 heteroatoms. The third-order valence-corrected chi connectivity index (χ3v) is 7.66. The van der Waals surface area contributed by atoms with Gasteiger partial charge in [0.25, 0.3) is 0 Å². The van der Waals surface area contributed by atoms with Gasteiger partial charge in [0, 0.05) is 0 Å². The zero-order chi connectivity index (χ0) is 5.91. The summed E-state index contributed by atoms with van der Waals surface area (Å²) in [6.07, 6.45) is 0. The van der Waals surface area contributed by atoms with E-state index < -0.39 is 13.7 Å². The Morgan fingerprint density at radius 3 is 1.57 bits per heavy atom. The van der Waals surface area contributed by atoms with Crippen LogP contribution in [-0.4, -0.2) is 13.7 Å². The minimum absolute atomic E-state index is 0.816. The van der Waals surface area contributed by atoms with E-state index in [0.29, 0.717) is 0 Å². The molecule has 0 atom stereocenters. The van der Waals surface area contributed by atoms with Crippen molar-refractivity contribution in [1.82, 2.24) is 0 Å². The number of hydrogen-bond donors (Lipinski definition) is 0. The average Bonchev–Trinajstić information content (AvgIpc) is 1.68. The molecule has 0 aromatic rings. The first-order chi connectivity index (χ1) is 3.12. The van der Waals surface area contributed by atoms with Gasteiger partial charge in [-0.3, -0.25) is 0 Å². The monoisotopic (exact) mass is 166 g/mol. The summed E-state index contributed by atoms with van der Waals surface area (Å²) in [5.41, 5.74) is 0. The standard InChI is InChI=1S/C5H13FGe/c1-4-7(3,6)5-2/h4-5H2,1-3H3. The van der Waals surface area contributed by atoms with Crippen LogP contribution in [0.2, 0.25) is 16.3 Å². The van der Waals surface area contributed by atoms with Gasteiger partial charge in [0.1, 0.15) is 0 Å². The number of halogens is 1. The molecule has 0 spiro atoms. The van der Waals surface area contributed by atoms with E-state index in [1.165, 1.54) is 0 Å². The molecule has 0 nitrogen and oxygen atoms in total. The van der Waals surface area contributed by atoms with Crippen molar-refractivity contribution in [3.05, 3.63) is 0 Å². The van der Waals surface area contributed by atoms with Crippen LogP contribution in [0.1, 0.15) is 13.8 Å². The second-order valence-electron chi connectivity index (χ2n) is 2.12. The zero-order valence-corrected chi connectivity index (χ0v) is 7.39. The third-order valence-electron chi connectivity index (χ3n) is 1.47. The molecule has 0 saturated heterocycles. The van der Waals surface area contributed by atoms with Crippen LogP contribution in [0, 0.1) is 0 Å². The molecule has 0 aliphatic carbocycles. The second-order valence-corrected chi connectivity index (χ2v) is 11.0. The molecule has 44 valence electrons. The average molecular weight is 165 g/mol. The maximum absolute atomic E-state index is 12.7. The summed E-state index contributed by atoms with van der Waals surface area (Å²) < 4.78 is 12.7. The minimum atomic E-state index is -2.58. The summed E-state index contributed by atoms with van der Waals surface area (Å²) in [7, 11) is 0. The van der Waals surface area contributed by atoms with Gasteiger partial charge in [-0.15, -0.1) is 0 Å².